The van der Waals surface area contributed by atoms with Gasteiger partial charge in [-0.1, -0.05) is 12.1 Å². The highest BCUT2D eigenvalue weighted by Gasteiger charge is 2.24. The molecule has 1 unspecified atom stereocenters. The molecular weight excluding hydrogens is 233 g/mol. The lowest BCUT2D eigenvalue weighted by atomic mass is 10.0. The van der Waals surface area contributed by atoms with E-state index >= 15 is 0 Å². The van der Waals surface area contributed by atoms with E-state index in [2.05, 4.69) is 0 Å². The number of hydrogen-bond acceptors (Lipinski definition) is 4. The molecule has 0 saturated heterocycles. The predicted molar refractivity (Wildman–Crippen MR) is 54.8 cm³/mol. The van der Waals surface area contributed by atoms with Crippen LogP contribution in [0.4, 0.5) is 4.39 Å². The van der Waals surface area contributed by atoms with Gasteiger partial charge < -0.3 is 10.2 Å². The van der Waals surface area contributed by atoms with Gasteiger partial charge >= 0.3 is 5.97 Å². The minimum Gasteiger partial charge on any atom is -0.478 e. The lowest BCUT2D eigenvalue weighted by Crippen LogP contribution is -2.16. The summed E-state index contributed by atoms with van der Waals surface area (Å²) in [5.41, 5.74) is -0.699. The third kappa shape index (κ3) is 3.22. The molecule has 1 rings (SSSR count). The van der Waals surface area contributed by atoms with Crippen LogP contribution >= 0.6 is 0 Å². The van der Waals surface area contributed by atoms with Crippen molar-refractivity contribution in [2.24, 2.45) is 0 Å². The quantitative estimate of drug-likeness (QED) is 0.613. The Balaban J connectivity index is 3.27. The number of aromatic carboxylic acids is 1. The van der Waals surface area contributed by atoms with E-state index in [-0.39, 0.29) is 11.1 Å². The fourth-order valence-corrected chi connectivity index (χ4v) is 1.34. The van der Waals surface area contributed by atoms with Gasteiger partial charge in [-0.25, -0.2) is 9.18 Å². The molecule has 1 aromatic rings. The number of carbonyl (C=O) groups is 1. The normalized spacial score (nSPS) is 14.1. The molecule has 0 bridgehead atoms. The summed E-state index contributed by atoms with van der Waals surface area (Å²) in [5.74, 6) is -4.09. The number of aliphatic hydroxyl groups is 1. The predicted octanol–water partition coefficient (Wildman–Crippen LogP) is 1.30. The fraction of sp³-hybridized carbons (Fsp3) is 0.300. The highest BCUT2D eigenvalue weighted by atomic mass is 19.2. The Morgan fingerprint density at radius 3 is 2.59 bits per heavy atom. The maximum absolute atomic E-state index is 13.2. The van der Waals surface area contributed by atoms with Crippen LogP contribution in [0.2, 0.25) is 0 Å². The van der Waals surface area contributed by atoms with Crippen molar-refractivity contribution in [3.63, 3.8) is 0 Å². The molecule has 0 amide bonds. The highest BCUT2D eigenvalue weighted by Crippen LogP contribution is 2.24. The summed E-state index contributed by atoms with van der Waals surface area (Å²) in [5, 5.41) is 28.2. The molecule has 0 radical (unpaired) electrons. The van der Waals surface area contributed by atoms with Gasteiger partial charge in [0.05, 0.1) is 5.56 Å². The van der Waals surface area contributed by atoms with Gasteiger partial charge in [-0.15, -0.1) is 0 Å². The number of rotatable bonds is 4. The van der Waals surface area contributed by atoms with Crippen LogP contribution in [0.3, 0.4) is 0 Å². The average molecular weight is 243 g/mol. The minimum atomic E-state index is -2.68. The number of halogens is 1. The lowest BCUT2D eigenvalue weighted by Gasteiger charge is -2.14. The van der Waals surface area contributed by atoms with Gasteiger partial charge in [-0.3, -0.25) is 10.1 Å². The summed E-state index contributed by atoms with van der Waals surface area (Å²) in [6.45, 7) is 0.178. The minimum absolute atomic E-state index is 0.0458. The fourth-order valence-electron chi connectivity index (χ4n) is 1.34. The second-order valence-corrected chi connectivity index (χ2v) is 3.62. The second-order valence-electron chi connectivity index (χ2n) is 3.62. The average Bonchev–Trinajstić information content (AvgIpc) is 2.15. The van der Waals surface area contributed by atoms with Crippen LogP contribution in [0.25, 0.3) is 0 Å². The first kappa shape index (κ1) is 13.0. The van der Waals surface area contributed by atoms with E-state index < -0.39 is 28.9 Å². The van der Waals surface area contributed by atoms with Gasteiger partial charge in [0, 0.05) is 16.1 Å². The van der Waals surface area contributed by atoms with E-state index in [9.17, 15) is 19.3 Å². The Kier molecular flexibility index (Phi) is 3.42. The molecule has 1 atom stereocenters. The van der Waals surface area contributed by atoms with E-state index in [1.807, 2.05) is 0 Å². The molecule has 0 fully saturated rings. The molecule has 0 saturated carbocycles. The molecule has 7 heteroatoms. The van der Waals surface area contributed by atoms with Crippen LogP contribution < -0.4 is 0 Å². The van der Waals surface area contributed by atoms with Gasteiger partial charge in [-0.05, 0) is 13.0 Å². The van der Waals surface area contributed by atoms with E-state index in [0.29, 0.717) is 0 Å². The van der Waals surface area contributed by atoms with Crippen LogP contribution in [0.15, 0.2) is 18.2 Å². The van der Waals surface area contributed by atoms with Crippen molar-refractivity contribution in [1.29, 1.82) is 0 Å². The molecule has 0 aromatic heterocycles. The van der Waals surface area contributed by atoms with Gasteiger partial charge in [0.25, 0.3) is 0 Å². The highest BCUT2D eigenvalue weighted by molar-refractivity contribution is 5.89. The molecule has 0 aliphatic heterocycles. The Hall–Kier alpha value is -2.02. The van der Waals surface area contributed by atoms with Crippen LogP contribution in [-0.2, 0) is 12.4 Å². The first-order valence-electron chi connectivity index (χ1n) is 4.61. The van der Waals surface area contributed by atoms with Gasteiger partial charge in [0.15, 0.2) is 0 Å². The molecule has 0 heterocycles. The number of nitrogens with zero attached hydrogens (tertiary/aromatic N) is 1. The number of carboxylic acids is 1. The third-order valence-corrected chi connectivity index (χ3v) is 2.17. The number of hydrogen-bond donors (Lipinski definition) is 2. The first-order chi connectivity index (χ1) is 7.71. The molecule has 2 N–H and O–H groups in total. The monoisotopic (exact) mass is 243 g/mol. The summed E-state index contributed by atoms with van der Waals surface area (Å²) in [6, 6.07) is 3.13. The van der Waals surface area contributed by atoms with E-state index in [1.165, 1.54) is 0 Å². The van der Waals surface area contributed by atoms with Gasteiger partial charge in [0.2, 0.25) is 12.4 Å². The zero-order valence-corrected chi connectivity index (χ0v) is 8.88. The SMILES string of the molecule is CC(O)(F)c1ccc(C[N+](=O)[O-])c(C(=O)O)c1. The van der Waals surface area contributed by atoms with Crippen molar-refractivity contribution >= 4 is 5.97 Å². The van der Waals surface area contributed by atoms with Crippen LogP contribution in [-0.4, -0.2) is 21.1 Å². The molecule has 17 heavy (non-hydrogen) atoms. The Morgan fingerprint density at radius 1 is 1.59 bits per heavy atom. The molecule has 92 valence electrons. The summed E-state index contributed by atoms with van der Waals surface area (Å²) >= 11 is 0. The van der Waals surface area contributed by atoms with Gasteiger partial charge in [0.1, 0.15) is 0 Å². The maximum atomic E-state index is 13.2. The first-order valence-corrected chi connectivity index (χ1v) is 4.61. The smallest absolute Gasteiger partial charge is 0.336 e. The Labute approximate surface area is 95.5 Å². The van der Waals surface area contributed by atoms with Crippen molar-refractivity contribution in [3.05, 3.63) is 45.0 Å². The molecule has 1 aromatic carbocycles. The molecular formula is C10H10FNO5. The van der Waals surface area contributed by atoms with Crippen molar-refractivity contribution in [2.75, 3.05) is 0 Å². The maximum Gasteiger partial charge on any atom is 0.336 e. The summed E-state index contributed by atoms with van der Waals surface area (Å²) in [6.07, 6.45) is 0. The summed E-state index contributed by atoms with van der Waals surface area (Å²) in [7, 11) is 0. The van der Waals surface area contributed by atoms with E-state index in [1.54, 1.807) is 0 Å². The zero-order valence-electron chi connectivity index (χ0n) is 8.88. The Bertz CT molecular complexity index is 466. The number of carboxylic acid groups (broad SMARTS) is 1. The van der Waals surface area contributed by atoms with Crippen molar-refractivity contribution < 1.29 is 24.3 Å². The number of benzene rings is 1. The van der Waals surface area contributed by atoms with E-state index in [4.69, 9.17) is 10.2 Å². The number of nitro groups is 1. The summed E-state index contributed by atoms with van der Waals surface area (Å²) < 4.78 is 13.2. The van der Waals surface area contributed by atoms with Crippen LogP contribution in [0, 0.1) is 10.1 Å². The Morgan fingerprint density at radius 2 is 2.18 bits per heavy atom. The standard InChI is InChI=1S/C10H10FNO5/c1-10(11,15)7-3-2-6(5-12(16)17)8(4-7)9(13)14/h2-4,15H,5H2,1H3,(H,13,14). The van der Waals surface area contributed by atoms with Crippen LogP contribution in [0.5, 0.6) is 0 Å². The zero-order chi connectivity index (χ0) is 13.2. The van der Waals surface area contributed by atoms with Gasteiger partial charge in [-0.2, -0.15) is 0 Å². The van der Waals surface area contributed by atoms with Crippen molar-refractivity contribution in [2.45, 2.75) is 19.3 Å². The summed E-state index contributed by atoms with van der Waals surface area (Å²) in [4.78, 5) is 20.5. The number of alkyl halides is 1. The largest absolute Gasteiger partial charge is 0.478 e. The lowest BCUT2D eigenvalue weighted by molar-refractivity contribution is -0.496. The van der Waals surface area contributed by atoms with Crippen molar-refractivity contribution in [3.8, 4) is 0 Å². The van der Waals surface area contributed by atoms with E-state index in [0.717, 1.165) is 25.1 Å². The molecule has 0 aliphatic carbocycles. The van der Waals surface area contributed by atoms with Crippen molar-refractivity contribution in [1.82, 2.24) is 0 Å². The molecule has 0 aliphatic rings. The third-order valence-electron chi connectivity index (χ3n) is 2.17. The molecule has 0 spiro atoms. The van der Waals surface area contributed by atoms with Crippen LogP contribution in [0.1, 0.15) is 28.4 Å². The second kappa shape index (κ2) is 4.46. The topological polar surface area (TPSA) is 101 Å². The molecule has 6 nitrogen and oxygen atoms in total.